The maximum absolute atomic E-state index is 14.5. The van der Waals surface area contributed by atoms with Crippen molar-refractivity contribution < 1.29 is 17.9 Å². The zero-order chi connectivity index (χ0) is 22.5. The van der Waals surface area contributed by atoms with Gasteiger partial charge in [0.2, 0.25) is 5.89 Å². The Labute approximate surface area is 187 Å². The van der Waals surface area contributed by atoms with Gasteiger partial charge < -0.3 is 9.15 Å². The first-order valence-corrected chi connectivity index (χ1v) is 11.1. The van der Waals surface area contributed by atoms with Crippen molar-refractivity contribution in [3.05, 3.63) is 71.8 Å². The minimum absolute atomic E-state index is 0.303. The Hall–Kier alpha value is -3.21. The summed E-state index contributed by atoms with van der Waals surface area (Å²) in [4.78, 5) is 4.53. The van der Waals surface area contributed by atoms with E-state index in [1.165, 1.54) is 18.6 Å². The fourth-order valence-electron chi connectivity index (χ4n) is 3.71. The van der Waals surface area contributed by atoms with Crippen molar-refractivity contribution in [2.45, 2.75) is 46.0 Å². The molecular weight excluding hydrogens is 408 g/mol. The molecule has 0 spiro atoms. The lowest BCUT2D eigenvalue weighted by molar-refractivity contribution is 0.275. The van der Waals surface area contributed by atoms with E-state index < -0.39 is 11.6 Å². The second-order valence-corrected chi connectivity index (χ2v) is 8.10. The Morgan fingerprint density at radius 2 is 1.50 bits per heavy atom. The number of aromatic nitrogens is 1. The summed E-state index contributed by atoms with van der Waals surface area (Å²) in [5.74, 6) is -1.17. The van der Waals surface area contributed by atoms with Gasteiger partial charge >= 0.3 is 0 Å². The molecule has 4 rings (SSSR count). The number of rotatable bonds is 9. The number of hydrogen-bond donors (Lipinski definition) is 0. The molecule has 1 aromatic heterocycles. The summed E-state index contributed by atoms with van der Waals surface area (Å²) in [5, 5.41) is 0. The van der Waals surface area contributed by atoms with Crippen LogP contribution in [0.25, 0.3) is 33.7 Å². The van der Waals surface area contributed by atoms with Gasteiger partial charge in [-0.05, 0) is 66.4 Å². The van der Waals surface area contributed by atoms with Crippen molar-refractivity contribution in [3.8, 4) is 28.3 Å². The molecule has 0 radical (unpaired) electrons. The Balaban J connectivity index is 1.47. The van der Waals surface area contributed by atoms with Gasteiger partial charge in [0.25, 0.3) is 0 Å². The lowest BCUT2D eigenvalue weighted by Gasteiger charge is -2.11. The van der Waals surface area contributed by atoms with Gasteiger partial charge in [0.05, 0.1) is 6.61 Å². The molecule has 5 heteroatoms. The van der Waals surface area contributed by atoms with Crippen LogP contribution in [0.1, 0.15) is 44.6 Å². The lowest BCUT2D eigenvalue weighted by Crippen LogP contribution is -2.02. The number of hydrogen-bond acceptors (Lipinski definition) is 3. The van der Waals surface area contributed by atoms with Gasteiger partial charge in [-0.15, -0.1) is 0 Å². The summed E-state index contributed by atoms with van der Waals surface area (Å²) < 4.78 is 40.3. The standard InChI is InChI=1S/C27H27F2NO2/c1-3-4-5-6-7-14-31-26-22(28)16-21(17-23(26)29)19-9-11-20(12-10-19)27-30-24-15-18(2)8-13-25(24)32-27/h8-13,15-17H,3-7,14H2,1-2H3. The number of benzene rings is 3. The first-order valence-electron chi connectivity index (χ1n) is 11.1. The summed E-state index contributed by atoms with van der Waals surface area (Å²) in [7, 11) is 0. The number of unbranched alkanes of at least 4 members (excludes halogenated alkanes) is 4. The van der Waals surface area contributed by atoms with E-state index in [0.29, 0.717) is 23.6 Å². The molecule has 3 aromatic carbocycles. The number of aryl methyl sites for hydroxylation is 1. The molecule has 166 valence electrons. The van der Waals surface area contributed by atoms with Crippen LogP contribution in [0.4, 0.5) is 8.78 Å². The number of halogens is 2. The Kier molecular flexibility index (Phi) is 6.84. The van der Waals surface area contributed by atoms with E-state index in [1.54, 1.807) is 12.1 Å². The third kappa shape index (κ3) is 4.98. The van der Waals surface area contributed by atoms with Crippen LogP contribution in [0.3, 0.4) is 0 Å². The van der Waals surface area contributed by atoms with E-state index in [9.17, 15) is 8.78 Å². The van der Waals surface area contributed by atoms with Crippen molar-refractivity contribution in [3.63, 3.8) is 0 Å². The van der Waals surface area contributed by atoms with E-state index in [4.69, 9.17) is 9.15 Å². The molecule has 0 saturated heterocycles. The molecule has 0 fully saturated rings. The fourth-order valence-corrected chi connectivity index (χ4v) is 3.71. The Morgan fingerprint density at radius 1 is 0.812 bits per heavy atom. The molecule has 0 aliphatic rings. The highest BCUT2D eigenvalue weighted by atomic mass is 19.1. The van der Waals surface area contributed by atoms with Crippen molar-refractivity contribution in [2.75, 3.05) is 6.61 Å². The molecule has 0 N–H and O–H groups in total. The number of fused-ring (bicyclic) bond motifs is 1. The van der Waals surface area contributed by atoms with Crippen LogP contribution in [0.5, 0.6) is 5.75 Å². The number of oxazole rings is 1. The van der Waals surface area contributed by atoms with Crippen molar-refractivity contribution in [2.24, 2.45) is 0 Å². The maximum Gasteiger partial charge on any atom is 0.227 e. The first kappa shape index (κ1) is 22.0. The van der Waals surface area contributed by atoms with Crippen LogP contribution in [-0.4, -0.2) is 11.6 Å². The van der Waals surface area contributed by atoms with Gasteiger partial charge in [0.1, 0.15) is 5.52 Å². The number of ether oxygens (including phenoxy) is 1. The zero-order valence-corrected chi connectivity index (χ0v) is 18.5. The van der Waals surface area contributed by atoms with Crippen LogP contribution in [0.2, 0.25) is 0 Å². The summed E-state index contributed by atoms with van der Waals surface area (Å²) >= 11 is 0. The average Bonchev–Trinajstić information content (AvgIpc) is 3.21. The summed E-state index contributed by atoms with van der Waals surface area (Å²) in [5.41, 5.74) is 4.58. The van der Waals surface area contributed by atoms with Gasteiger partial charge in [-0.1, -0.05) is 50.8 Å². The van der Waals surface area contributed by atoms with Crippen LogP contribution in [-0.2, 0) is 0 Å². The lowest BCUT2D eigenvalue weighted by atomic mass is 10.0. The van der Waals surface area contributed by atoms with Gasteiger partial charge in [-0.3, -0.25) is 0 Å². The van der Waals surface area contributed by atoms with E-state index in [1.807, 2.05) is 37.3 Å². The van der Waals surface area contributed by atoms with E-state index >= 15 is 0 Å². The molecule has 0 atom stereocenters. The van der Waals surface area contributed by atoms with Gasteiger partial charge in [-0.25, -0.2) is 13.8 Å². The SMILES string of the molecule is CCCCCCCOc1c(F)cc(-c2ccc(-c3nc4cc(C)ccc4o3)cc2)cc1F. The highest BCUT2D eigenvalue weighted by Gasteiger charge is 2.14. The number of nitrogens with zero attached hydrogens (tertiary/aromatic N) is 1. The molecule has 0 aliphatic heterocycles. The van der Waals surface area contributed by atoms with Gasteiger partial charge in [0, 0.05) is 5.56 Å². The van der Waals surface area contributed by atoms with Crippen LogP contribution in [0.15, 0.2) is 59.0 Å². The maximum atomic E-state index is 14.5. The quantitative estimate of drug-likeness (QED) is 0.249. The second kappa shape index (κ2) is 9.94. The van der Waals surface area contributed by atoms with E-state index in [0.717, 1.165) is 47.9 Å². The van der Waals surface area contributed by atoms with Crippen LogP contribution >= 0.6 is 0 Å². The molecule has 0 saturated carbocycles. The third-order valence-electron chi connectivity index (χ3n) is 5.50. The summed E-state index contributed by atoms with van der Waals surface area (Å²) in [6.07, 6.45) is 5.23. The minimum atomic E-state index is -0.688. The molecule has 4 aromatic rings. The van der Waals surface area contributed by atoms with Crippen molar-refractivity contribution >= 4 is 11.1 Å². The predicted octanol–water partition coefficient (Wildman–Crippen LogP) is 8.10. The second-order valence-electron chi connectivity index (χ2n) is 8.10. The topological polar surface area (TPSA) is 35.3 Å². The van der Waals surface area contributed by atoms with Crippen molar-refractivity contribution in [1.82, 2.24) is 4.98 Å². The third-order valence-corrected chi connectivity index (χ3v) is 5.50. The molecule has 0 unspecified atom stereocenters. The Bertz CT molecular complexity index is 1180. The van der Waals surface area contributed by atoms with E-state index in [2.05, 4.69) is 11.9 Å². The summed E-state index contributed by atoms with van der Waals surface area (Å²) in [6, 6.07) is 15.7. The van der Waals surface area contributed by atoms with Crippen molar-refractivity contribution in [1.29, 1.82) is 0 Å². The van der Waals surface area contributed by atoms with E-state index in [-0.39, 0.29) is 5.75 Å². The zero-order valence-electron chi connectivity index (χ0n) is 18.5. The molecule has 3 nitrogen and oxygen atoms in total. The highest BCUT2D eigenvalue weighted by molar-refractivity contribution is 5.77. The van der Waals surface area contributed by atoms with Crippen LogP contribution < -0.4 is 4.74 Å². The predicted molar refractivity (Wildman–Crippen MR) is 124 cm³/mol. The highest BCUT2D eigenvalue weighted by Crippen LogP contribution is 2.31. The minimum Gasteiger partial charge on any atom is -0.488 e. The largest absolute Gasteiger partial charge is 0.488 e. The molecule has 0 bridgehead atoms. The average molecular weight is 436 g/mol. The van der Waals surface area contributed by atoms with Gasteiger partial charge in [0.15, 0.2) is 23.0 Å². The van der Waals surface area contributed by atoms with Crippen LogP contribution in [0, 0.1) is 18.6 Å². The first-order chi connectivity index (χ1) is 15.5. The van der Waals surface area contributed by atoms with Gasteiger partial charge in [-0.2, -0.15) is 0 Å². The molecule has 32 heavy (non-hydrogen) atoms. The molecular formula is C27H27F2NO2. The molecule has 1 heterocycles. The summed E-state index contributed by atoms with van der Waals surface area (Å²) in [6.45, 7) is 4.47. The Morgan fingerprint density at radius 3 is 2.22 bits per heavy atom. The monoisotopic (exact) mass is 435 g/mol. The fraction of sp³-hybridized carbons (Fsp3) is 0.296. The molecule has 0 amide bonds. The molecule has 0 aliphatic carbocycles. The smallest absolute Gasteiger partial charge is 0.227 e. The normalized spacial score (nSPS) is 11.2.